The maximum atomic E-state index is 9.71. The molecule has 0 unspecified atom stereocenters. The average molecular weight is 961 g/mol. The van der Waals surface area contributed by atoms with Crippen LogP contribution in [0, 0.1) is 0 Å². The van der Waals surface area contributed by atoms with Gasteiger partial charge in [0, 0.05) is 32.0 Å². The van der Waals surface area contributed by atoms with Crippen LogP contribution >= 0.6 is 23.5 Å². The van der Waals surface area contributed by atoms with Gasteiger partial charge in [0.2, 0.25) is 0 Å². The molecule has 1 aliphatic heterocycles. The minimum atomic E-state index is -0.0932. The molecule has 0 amide bonds. The first kappa shape index (κ1) is 45.1. The molecule has 0 spiro atoms. The Morgan fingerprint density at radius 2 is 0.571 bits per heavy atom. The summed E-state index contributed by atoms with van der Waals surface area (Å²) in [6.07, 6.45) is 0. The van der Waals surface area contributed by atoms with Crippen LogP contribution in [0.15, 0.2) is 202 Å². The summed E-state index contributed by atoms with van der Waals surface area (Å²) in [5.41, 5.74) is 3.71. The number of ether oxygens (including phenoxy) is 6. The van der Waals surface area contributed by atoms with Gasteiger partial charge in [-0.25, -0.2) is 0 Å². The molecule has 0 bridgehead atoms. The molecule has 1 aliphatic rings. The molecule has 0 saturated heterocycles. The fraction of sp³-hybridized carbons (Fsp3) is 0.133. The van der Waals surface area contributed by atoms with Gasteiger partial charge in [-0.2, -0.15) is 0 Å². The third-order valence-corrected chi connectivity index (χ3v) is 14.9. The predicted molar refractivity (Wildman–Crippen MR) is 282 cm³/mol. The maximum absolute atomic E-state index is 9.71. The molecule has 0 atom stereocenters. The van der Waals surface area contributed by atoms with Crippen molar-refractivity contribution in [1.29, 1.82) is 0 Å². The van der Waals surface area contributed by atoms with Crippen molar-refractivity contribution < 1.29 is 38.6 Å². The van der Waals surface area contributed by atoms with Crippen LogP contribution in [0.1, 0.15) is 0 Å². The highest BCUT2D eigenvalue weighted by molar-refractivity contribution is 8.05. The summed E-state index contributed by atoms with van der Waals surface area (Å²) in [7, 11) is 0. The molecule has 0 saturated carbocycles. The highest BCUT2D eigenvalue weighted by atomic mass is 32.2. The van der Waals surface area contributed by atoms with Gasteiger partial charge < -0.3 is 38.6 Å². The van der Waals surface area contributed by atoms with E-state index >= 15 is 0 Å². The molecule has 10 aromatic rings. The van der Waals surface area contributed by atoms with E-state index in [-0.39, 0.29) is 26.4 Å². The largest absolute Gasteiger partial charge is 0.491 e. The van der Waals surface area contributed by atoms with Gasteiger partial charge in [0.15, 0.2) is 0 Å². The summed E-state index contributed by atoms with van der Waals surface area (Å²) in [6, 6.07) is 61.7. The lowest BCUT2D eigenvalue weighted by Gasteiger charge is -2.23. The van der Waals surface area contributed by atoms with Crippen LogP contribution in [0.2, 0.25) is 0 Å². The van der Waals surface area contributed by atoms with E-state index < -0.39 is 0 Å². The molecule has 70 heavy (non-hydrogen) atoms. The van der Waals surface area contributed by atoms with Crippen molar-refractivity contribution in [1.82, 2.24) is 0 Å². The monoisotopic (exact) mass is 960 g/mol. The van der Waals surface area contributed by atoms with Crippen LogP contribution in [0.4, 0.5) is 0 Å². The average Bonchev–Trinajstić information content (AvgIpc) is 3.41. The summed E-state index contributed by atoms with van der Waals surface area (Å²) in [6.45, 7) is 1.38. The first-order valence-electron chi connectivity index (χ1n) is 23.3. The molecule has 0 radical (unpaired) electrons. The molecule has 8 nitrogen and oxygen atoms in total. The molecule has 2 N–H and O–H groups in total. The van der Waals surface area contributed by atoms with E-state index in [1.807, 2.05) is 109 Å². The van der Waals surface area contributed by atoms with Gasteiger partial charge in [0.1, 0.15) is 74.1 Å². The lowest BCUT2D eigenvalue weighted by atomic mass is 9.92. The number of fused-ring (bicyclic) bond motifs is 6. The zero-order valence-corrected chi connectivity index (χ0v) is 39.8. The van der Waals surface area contributed by atoms with Crippen LogP contribution in [-0.2, 0) is 0 Å². The van der Waals surface area contributed by atoms with Crippen molar-refractivity contribution in [2.45, 2.75) is 19.6 Å². The van der Waals surface area contributed by atoms with Crippen molar-refractivity contribution in [2.75, 3.05) is 52.9 Å². The van der Waals surface area contributed by atoms with Gasteiger partial charge in [-0.15, -0.1) is 0 Å². The Labute approximate surface area is 414 Å². The van der Waals surface area contributed by atoms with Crippen molar-refractivity contribution in [3.63, 3.8) is 0 Å². The molecule has 10 heteroatoms. The van der Waals surface area contributed by atoms with E-state index in [1.54, 1.807) is 23.5 Å². The second-order valence-electron chi connectivity index (χ2n) is 16.5. The fourth-order valence-electron chi connectivity index (χ4n) is 9.24. The quantitative estimate of drug-likeness (QED) is 0.0810. The Bertz CT molecular complexity index is 3290. The maximum Gasteiger partial charge on any atom is 0.134 e. The SMILES string of the molecule is OCCOc1ccc2ccccc2c1-c1c(OCCOc2cccc3c2Sc2c(OCCOc4ccc5ccccc5c4-c4c(OCCO)ccc5ccccc45)cccc2S3)ccc2ccccc12. The Kier molecular flexibility index (Phi) is 13.4. The number of rotatable bonds is 18. The lowest BCUT2D eigenvalue weighted by molar-refractivity contribution is 0.202. The van der Waals surface area contributed by atoms with Crippen LogP contribution in [0.3, 0.4) is 0 Å². The van der Waals surface area contributed by atoms with E-state index in [9.17, 15) is 10.2 Å². The molecule has 10 aromatic carbocycles. The summed E-state index contributed by atoms with van der Waals surface area (Å²) in [5, 5.41) is 27.9. The predicted octanol–water partition coefficient (Wildman–Crippen LogP) is 13.9. The van der Waals surface area contributed by atoms with E-state index in [1.165, 1.54) is 0 Å². The van der Waals surface area contributed by atoms with E-state index in [0.717, 1.165) is 108 Å². The second kappa shape index (κ2) is 20.7. The van der Waals surface area contributed by atoms with Crippen molar-refractivity contribution in [3.8, 4) is 56.8 Å². The standard InChI is InChI=1S/C60H48O8S2/c61-31-33-63-47-27-23-39-11-1-5-15-43(39)55(47)57-45-17-7-3-13-41(45)25-29-49(57)65-35-37-67-51-19-9-21-53-59(51)70-60-52(20-10-22-54(60)69-53)68-38-36-66-50-30-26-42-14-4-8-18-46(42)58(50)56-44-16-6-2-12-40(44)24-28-48(56)64-34-32-62/h1-30,61-62H,31-38H2. The minimum Gasteiger partial charge on any atom is -0.491 e. The third kappa shape index (κ3) is 9.03. The number of hydrogen-bond donors (Lipinski definition) is 2. The van der Waals surface area contributed by atoms with Crippen molar-refractivity contribution in [2.24, 2.45) is 0 Å². The van der Waals surface area contributed by atoms with Gasteiger partial charge >= 0.3 is 0 Å². The van der Waals surface area contributed by atoms with Crippen molar-refractivity contribution in [3.05, 3.63) is 182 Å². The number of benzene rings is 10. The first-order chi connectivity index (χ1) is 34.7. The third-order valence-electron chi connectivity index (χ3n) is 12.3. The van der Waals surface area contributed by atoms with Crippen LogP contribution in [0.5, 0.6) is 34.5 Å². The molecule has 0 aromatic heterocycles. The Balaban J connectivity index is 0.808. The first-order valence-corrected chi connectivity index (χ1v) is 25.0. The Morgan fingerprint density at radius 3 is 0.900 bits per heavy atom. The van der Waals surface area contributed by atoms with Gasteiger partial charge in [0.25, 0.3) is 0 Å². The van der Waals surface area contributed by atoms with E-state index in [4.69, 9.17) is 28.4 Å². The topological polar surface area (TPSA) is 95.8 Å². The molecule has 1 heterocycles. The minimum absolute atomic E-state index is 0.0932. The van der Waals surface area contributed by atoms with Crippen LogP contribution in [-0.4, -0.2) is 63.1 Å². The van der Waals surface area contributed by atoms with E-state index in [0.29, 0.717) is 37.9 Å². The Hall–Kier alpha value is -7.34. The van der Waals surface area contributed by atoms with Gasteiger partial charge in [-0.3, -0.25) is 0 Å². The summed E-state index contributed by atoms with van der Waals surface area (Å²) in [4.78, 5) is 4.27. The molecule has 348 valence electrons. The van der Waals surface area contributed by atoms with Gasteiger partial charge in [-0.1, -0.05) is 157 Å². The van der Waals surface area contributed by atoms with E-state index in [2.05, 4.69) is 72.8 Å². The van der Waals surface area contributed by atoms with Crippen molar-refractivity contribution >= 4 is 66.6 Å². The zero-order chi connectivity index (χ0) is 47.2. The number of aliphatic hydroxyl groups excluding tert-OH is 2. The fourth-order valence-corrected chi connectivity index (χ4v) is 11.7. The highest BCUT2D eigenvalue weighted by Gasteiger charge is 2.25. The lowest BCUT2D eigenvalue weighted by Crippen LogP contribution is -2.11. The smallest absolute Gasteiger partial charge is 0.134 e. The van der Waals surface area contributed by atoms with Gasteiger partial charge in [0.05, 0.1) is 23.0 Å². The molecule has 0 aliphatic carbocycles. The highest BCUT2D eigenvalue weighted by Crippen LogP contribution is 2.55. The zero-order valence-electron chi connectivity index (χ0n) is 38.1. The molecule has 11 rings (SSSR count). The molecule has 0 fully saturated rings. The normalized spacial score (nSPS) is 11.9. The van der Waals surface area contributed by atoms with Gasteiger partial charge in [-0.05, 0) is 91.6 Å². The number of aliphatic hydroxyl groups is 2. The van der Waals surface area contributed by atoms with Crippen LogP contribution in [0.25, 0.3) is 65.3 Å². The molecular weight excluding hydrogens is 913 g/mol. The Morgan fingerprint density at radius 1 is 0.271 bits per heavy atom. The van der Waals surface area contributed by atoms with Crippen LogP contribution < -0.4 is 28.4 Å². The molecular formula is C60H48O8S2. The second-order valence-corrected chi connectivity index (χ2v) is 18.7. The summed E-state index contributed by atoms with van der Waals surface area (Å²) >= 11 is 3.35. The summed E-state index contributed by atoms with van der Waals surface area (Å²) in [5.74, 6) is 4.35. The number of hydrogen-bond acceptors (Lipinski definition) is 10. The summed E-state index contributed by atoms with van der Waals surface area (Å²) < 4.78 is 38.7.